The third-order valence-electron chi connectivity index (χ3n) is 10.2. The van der Waals surface area contributed by atoms with Gasteiger partial charge < -0.3 is 39.4 Å². The summed E-state index contributed by atoms with van der Waals surface area (Å²) in [6.07, 6.45) is 2.77. The second-order valence-corrected chi connectivity index (χ2v) is 15.0. The van der Waals surface area contributed by atoms with Crippen LogP contribution in [0.15, 0.2) is 115 Å². The Kier molecular flexibility index (Phi) is 17.2. The largest absolute Gasteiger partial charge is 0.508 e. The van der Waals surface area contributed by atoms with Gasteiger partial charge in [0.15, 0.2) is 12.4 Å². The molecule has 11 nitrogen and oxygen atoms in total. The molecule has 6 rings (SSSR count). The number of fused-ring (bicyclic) bond motifs is 1. The van der Waals surface area contributed by atoms with Gasteiger partial charge >= 0.3 is 5.97 Å². The number of phenols is 1. The predicted molar refractivity (Wildman–Crippen MR) is 230 cm³/mol. The summed E-state index contributed by atoms with van der Waals surface area (Å²) in [5, 5.41) is 24.2. The average Bonchev–Trinajstić information content (AvgIpc) is 3.26. The number of carbonyl (C=O) groups is 3. The van der Waals surface area contributed by atoms with Gasteiger partial charge in [-0.1, -0.05) is 72.8 Å². The third kappa shape index (κ3) is 14.1. The second kappa shape index (κ2) is 23.0. The number of ether oxygens (including phenoxy) is 4. The smallest absolute Gasteiger partial charge is 0.310 e. The number of nitrogens with one attached hydrogen (secondary N) is 1. The molecular formula is C49H56N2O9. The number of amides is 1. The molecule has 5 aromatic carbocycles. The molecule has 0 radical (unpaired) electrons. The minimum absolute atomic E-state index is 0.00889. The summed E-state index contributed by atoms with van der Waals surface area (Å²) in [6.45, 7) is 3.47. The zero-order valence-electron chi connectivity index (χ0n) is 34.9. The molecule has 0 saturated heterocycles. The van der Waals surface area contributed by atoms with Crippen molar-refractivity contribution in [3.8, 4) is 17.2 Å². The van der Waals surface area contributed by atoms with Crippen molar-refractivity contribution in [1.29, 1.82) is 0 Å². The molecule has 1 aliphatic rings. The molecule has 5 aromatic rings. The standard InChI is InChI=1S/C38H44N2O5.C11H12O4/c1-40(2)38(42)27-44-35-17-14-30-13-16-34(22-33(30)23-35)39-24-36(41)31-15-18-37(45-26-29-11-7-4-8-12-29)32(21-31)19-20-43-25-28-9-5-3-6-10-28;1-7(12)8-3-4-10(13)9(5-8)6-11(14)15-2/h3-12,14-15,17-18,21,23,34,36,39,41H,13,16,19-20,22,24-27H2,1-2H3;3-5,13H,6H2,1-2H3/t34-,36?;/m0./s1. The third-order valence-corrected chi connectivity index (χ3v) is 10.2. The molecule has 316 valence electrons. The summed E-state index contributed by atoms with van der Waals surface area (Å²) < 4.78 is 22.4. The van der Waals surface area contributed by atoms with Gasteiger partial charge in [-0.25, -0.2) is 0 Å². The summed E-state index contributed by atoms with van der Waals surface area (Å²) in [5.74, 6) is 0.872. The predicted octanol–water partition coefficient (Wildman–Crippen LogP) is 6.98. The lowest BCUT2D eigenvalue weighted by molar-refractivity contribution is -0.139. The topological polar surface area (TPSA) is 144 Å². The van der Waals surface area contributed by atoms with E-state index in [1.54, 1.807) is 14.1 Å². The maximum atomic E-state index is 11.9. The van der Waals surface area contributed by atoms with Crippen molar-refractivity contribution in [1.82, 2.24) is 10.2 Å². The van der Waals surface area contributed by atoms with Crippen molar-refractivity contribution in [3.05, 3.63) is 160 Å². The number of hydrogen-bond donors (Lipinski definition) is 3. The average molecular weight is 817 g/mol. The first kappa shape index (κ1) is 45.1. The van der Waals surface area contributed by atoms with Crippen molar-refractivity contribution in [2.24, 2.45) is 0 Å². The highest BCUT2D eigenvalue weighted by Gasteiger charge is 2.21. The minimum atomic E-state index is -0.662. The fourth-order valence-electron chi connectivity index (χ4n) is 6.67. The molecule has 0 saturated carbocycles. The molecule has 1 amide bonds. The Morgan fingerprint density at radius 1 is 0.817 bits per heavy atom. The van der Waals surface area contributed by atoms with Crippen molar-refractivity contribution < 1.29 is 43.5 Å². The van der Waals surface area contributed by atoms with Gasteiger partial charge in [-0.2, -0.15) is 0 Å². The first-order valence-corrected chi connectivity index (χ1v) is 20.2. The van der Waals surface area contributed by atoms with Gasteiger partial charge in [-0.15, -0.1) is 0 Å². The van der Waals surface area contributed by atoms with E-state index in [9.17, 15) is 24.6 Å². The monoisotopic (exact) mass is 816 g/mol. The molecule has 0 spiro atoms. The van der Waals surface area contributed by atoms with Crippen molar-refractivity contribution in [2.45, 2.75) is 64.4 Å². The molecular weight excluding hydrogens is 761 g/mol. The number of aliphatic hydroxyl groups excluding tert-OH is 1. The first-order chi connectivity index (χ1) is 29.0. The highest BCUT2D eigenvalue weighted by atomic mass is 16.5. The normalized spacial score (nSPS) is 13.5. The van der Waals surface area contributed by atoms with Crippen molar-refractivity contribution >= 4 is 17.7 Å². The number of aryl methyl sites for hydroxylation is 1. The Bertz CT molecular complexity index is 2160. The van der Waals surface area contributed by atoms with Gasteiger partial charge in [0, 0.05) is 37.8 Å². The van der Waals surface area contributed by atoms with Crippen molar-refractivity contribution in [3.63, 3.8) is 0 Å². The number of carbonyl (C=O) groups excluding carboxylic acids is 3. The highest BCUT2D eigenvalue weighted by molar-refractivity contribution is 5.94. The van der Waals surface area contributed by atoms with Crippen LogP contribution in [0.4, 0.5) is 0 Å². The molecule has 0 aromatic heterocycles. The number of aromatic hydroxyl groups is 1. The summed E-state index contributed by atoms with van der Waals surface area (Å²) in [7, 11) is 4.72. The van der Waals surface area contributed by atoms with Gasteiger partial charge in [0.2, 0.25) is 0 Å². The van der Waals surface area contributed by atoms with E-state index >= 15 is 0 Å². The maximum absolute atomic E-state index is 11.9. The van der Waals surface area contributed by atoms with E-state index in [2.05, 4.69) is 40.4 Å². The summed E-state index contributed by atoms with van der Waals surface area (Å²) in [5.41, 5.74) is 7.51. The summed E-state index contributed by atoms with van der Waals surface area (Å²) in [4.78, 5) is 35.5. The number of aliphatic hydroxyl groups is 1. The lowest BCUT2D eigenvalue weighted by atomic mass is 9.88. The fourth-order valence-corrected chi connectivity index (χ4v) is 6.67. The number of Topliss-reactive ketones (excluding diaryl/α,β-unsaturated/α-hetero) is 1. The molecule has 3 N–H and O–H groups in total. The number of hydrogen-bond acceptors (Lipinski definition) is 10. The Morgan fingerprint density at radius 2 is 1.53 bits per heavy atom. The van der Waals surface area contributed by atoms with Crippen LogP contribution in [-0.2, 0) is 58.0 Å². The van der Waals surface area contributed by atoms with Gasteiger partial charge in [0.05, 0.1) is 32.8 Å². The molecule has 1 unspecified atom stereocenters. The van der Waals surface area contributed by atoms with E-state index in [0.717, 1.165) is 47.3 Å². The zero-order chi connectivity index (χ0) is 42.9. The zero-order valence-corrected chi connectivity index (χ0v) is 34.9. The molecule has 60 heavy (non-hydrogen) atoms. The number of ketones is 1. The van der Waals surface area contributed by atoms with E-state index in [-0.39, 0.29) is 36.5 Å². The Labute approximate surface area is 352 Å². The van der Waals surface area contributed by atoms with E-state index in [1.165, 1.54) is 48.3 Å². The molecule has 0 fully saturated rings. The van der Waals surface area contributed by atoms with Gasteiger partial charge in [0.1, 0.15) is 23.9 Å². The van der Waals surface area contributed by atoms with Crippen LogP contribution in [0, 0.1) is 0 Å². The molecule has 0 aliphatic heterocycles. The van der Waals surface area contributed by atoms with Gasteiger partial charge in [0.25, 0.3) is 5.91 Å². The van der Waals surface area contributed by atoms with Crippen LogP contribution >= 0.6 is 0 Å². The Balaban J connectivity index is 0.000000384. The van der Waals surface area contributed by atoms with Crippen LogP contribution in [-0.4, -0.2) is 79.8 Å². The number of phenolic OH excluding ortho intramolecular Hbond substituents is 1. The second-order valence-electron chi connectivity index (χ2n) is 15.0. The molecule has 0 heterocycles. The van der Waals surface area contributed by atoms with Crippen LogP contribution in [0.2, 0.25) is 0 Å². The van der Waals surface area contributed by atoms with Gasteiger partial charge in [-0.3, -0.25) is 14.4 Å². The first-order valence-electron chi connectivity index (χ1n) is 20.2. The fraction of sp³-hybridized carbons (Fsp3) is 0.327. The van der Waals surface area contributed by atoms with Crippen molar-refractivity contribution in [2.75, 3.05) is 41.0 Å². The van der Waals surface area contributed by atoms with E-state index in [0.29, 0.717) is 49.7 Å². The number of likely N-dealkylation sites (N-methyl/N-ethyl adjacent to an activating group) is 1. The lowest BCUT2D eigenvalue weighted by Crippen LogP contribution is -2.37. The Morgan fingerprint density at radius 3 is 2.22 bits per heavy atom. The lowest BCUT2D eigenvalue weighted by Gasteiger charge is -2.27. The van der Waals surface area contributed by atoms with Crippen LogP contribution in [0.5, 0.6) is 17.2 Å². The van der Waals surface area contributed by atoms with Crippen LogP contribution in [0.25, 0.3) is 0 Å². The maximum Gasteiger partial charge on any atom is 0.310 e. The molecule has 2 atom stereocenters. The van der Waals surface area contributed by atoms with Gasteiger partial charge in [-0.05, 0) is 108 Å². The molecule has 1 aliphatic carbocycles. The quantitative estimate of drug-likeness (QED) is 0.0482. The van der Waals surface area contributed by atoms with Crippen LogP contribution < -0.4 is 14.8 Å². The number of nitrogens with zero attached hydrogens (tertiary/aromatic N) is 1. The van der Waals surface area contributed by atoms with E-state index < -0.39 is 12.1 Å². The van der Waals surface area contributed by atoms with E-state index in [4.69, 9.17) is 14.2 Å². The Hall–Kier alpha value is -6.01. The number of rotatable bonds is 18. The van der Waals surface area contributed by atoms with Crippen LogP contribution in [0.3, 0.4) is 0 Å². The minimum Gasteiger partial charge on any atom is -0.508 e. The molecule has 11 heteroatoms. The molecule has 0 bridgehead atoms. The van der Waals surface area contributed by atoms with Crippen LogP contribution in [0.1, 0.15) is 68.8 Å². The summed E-state index contributed by atoms with van der Waals surface area (Å²) in [6, 6.07) is 37.0. The summed E-state index contributed by atoms with van der Waals surface area (Å²) >= 11 is 0. The number of methoxy groups -OCH3 is 1. The number of esters is 1. The number of benzene rings is 5. The highest BCUT2D eigenvalue weighted by Crippen LogP contribution is 2.28. The SMILES string of the molecule is CN(C)C(=O)COc1ccc2c(c1)C[C@@H](NCC(O)c1ccc(OCc3ccccc3)c(CCOCc3ccccc3)c1)CC2.COC(=O)Cc1cc(C(C)=O)ccc1O. The van der Waals surface area contributed by atoms with E-state index in [1.807, 2.05) is 66.7 Å².